The number of benzene rings is 6. The molecule has 6 aromatic rings. The molecule has 6 rings (SSSR count). The van der Waals surface area contributed by atoms with Gasteiger partial charge in [0.1, 0.15) is 0 Å². The van der Waals surface area contributed by atoms with E-state index < -0.39 is 0 Å². The quantitative estimate of drug-likeness (QED) is 0.102. The van der Waals surface area contributed by atoms with E-state index in [2.05, 4.69) is 94.3 Å². The van der Waals surface area contributed by atoms with Crippen molar-refractivity contribution in [3.05, 3.63) is 142 Å². The van der Waals surface area contributed by atoms with Crippen molar-refractivity contribution in [2.24, 2.45) is 0 Å². The number of non-ortho nitro benzene ring substituents is 2. The number of nitro benzene ring substituents is 2. The van der Waals surface area contributed by atoms with Gasteiger partial charge in [0.2, 0.25) is 0 Å². The van der Waals surface area contributed by atoms with Crippen LogP contribution in [0.5, 0.6) is 0 Å². The van der Waals surface area contributed by atoms with E-state index in [0.29, 0.717) is 0 Å². The second-order valence-electron chi connectivity index (χ2n) is 9.59. The minimum absolute atomic E-state index is 0.00630. The molecule has 0 aliphatic heterocycles. The number of nitrogens with zero attached hydrogens (tertiary/aromatic N) is 2. The van der Waals surface area contributed by atoms with Crippen molar-refractivity contribution in [3.8, 4) is 21.5 Å². The van der Waals surface area contributed by atoms with E-state index in [1.165, 1.54) is 39.4 Å². The summed E-state index contributed by atoms with van der Waals surface area (Å²) in [6.07, 6.45) is 0. The average Bonchev–Trinajstić information content (AvgIpc) is 3.07. The van der Waals surface area contributed by atoms with E-state index in [1.54, 1.807) is 24.3 Å². The van der Waals surface area contributed by atoms with Crippen molar-refractivity contribution in [3.63, 3.8) is 0 Å². The molecule has 0 amide bonds. The standard InChI is InChI=1S/C36H20N2O4Se4/c39-37(40)27-15-19-29(20-16-27)45-33-13-5-9-25-7-3-11-31(35(25)33)43-23-1-2-24-44-32-12-4-8-26-10-6-14-34(36(26)32)46-30-21-17-28(18-22-30)38(41)42/h3-22H. The van der Waals surface area contributed by atoms with Crippen molar-refractivity contribution in [2.45, 2.75) is 0 Å². The number of nitro groups is 2. The van der Waals surface area contributed by atoms with Gasteiger partial charge in [0.15, 0.2) is 0 Å². The van der Waals surface area contributed by atoms with Crippen LogP contribution in [0.1, 0.15) is 0 Å². The summed E-state index contributed by atoms with van der Waals surface area (Å²) in [5.74, 6) is 6.19. The SMILES string of the molecule is O=[N+]([O-])c1ccc([Se]c2cccc3cccc([Se]C#CC#C[Se]c4cccc5cccc([Se]c6ccc([N+](=O)[O-])cc6)c45)c23)cc1. The molecule has 0 heterocycles. The van der Waals surface area contributed by atoms with Crippen LogP contribution in [-0.2, 0) is 0 Å². The van der Waals surface area contributed by atoms with E-state index >= 15 is 0 Å². The number of rotatable bonds is 8. The molecular weight excluding hydrogens is 840 g/mol. The Morgan fingerprint density at radius 3 is 1.15 bits per heavy atom. The van der Waals surface area contributed by atoms with Crippen LogP contribution in [0.2, 0.25) is 0 Å². The van der Waals surface area contributed by atoms with Gasteiger partial charge >= 0.3 is 292 Å². The third kappa shape index (κ3) is 7.61. The van der Waals surface area contributed by atoms with Gasteiger partial charge in [-0.3, -0.25) is 0 Å². The Balaban J connectivity index is 1.19. The Bertz CT molecular complexity index is 2060. The predicted octanol–water partition coefficient (Wildman–Crippen LogP) is 2.40. The zero-order chi connectivity index (χ0) is 31.9. The fraction of sp³-hybridized carbons (Fsp3) is 0. The monoisotopic (exact) mass is 864 g/mol. The van der Waals surface area contributed by atoms with Gasteiger partial charge in [0, 0.05) is 0 Å². The van der Waals surface area contributed by atoms with E-state index in [4.69, 9.17) is 0 Å². The summed E-state index contributed by atoms with van der Waals surface area (Å²) in [5.41, 5.74) is 0.200. The fourth-order valence-electron chi connectivity index (χ4n) is 4.62. The molecule has 0 saturated heterocycles. The molecule has 222 valence electrons. The first-order valence-corrected chi connectivity index (χ1v) is 20.5. The zero-order valence-corrected chi connectivity index (χ0v) is 30.6. The second kappa shape index (κ2) is 15.0. The third-order valence-electron chi connectivity index (χ3n) is 6.69. The number of hydrogen-bond acceptors (Lipinski definition) is 4. The topological polar surface area (TPSA) is 86.3 Å². The van der Waals surface area contributed by atoms with Crippen LogP contribution in [0.25, 0.3) is 21.5 Å². The third-order valence-corrected chi connectivity index (χ3v) is 14.4. The molecular formula is C36H20N2O4Se4. The van der Waals surface area contributed by atoms with E-state index in [1.807, 2.05) is 24.3 Å². The van der Waals surface area contributed by atoms with Gasteiger partial charge in [-0.1, -0.05) is 0 Å². The first-order chi connectivity index (χ1) is 22.5. The van der Waals surface area contributed by atoms with Gasteiger partial charge in [0.25, 0.3) is 0 Å². The van der Waals surface area contributed by atoms with E-state index in [0.717, 1.165) is 8.92 Å². The molecule has 0 unspecified atom stereocenters. The maximum absolute atomic E-state index is 11.1. The van der Waals surface area contributed by atoms with Gasteiger partial charge in [0.05, 0.1) is 0 Å². The first kappa shape index (κ1) is 31.8. The summed E-state index contributed by atoms with van der Waals surface area (Å²) < 4.78 is 7.03. The van der Waals surface area contributed by atoms with Crippen LogP contribution in [0, 0.1) is 41.7 Å². The fourth-order valence-corrected chi connectivity index (χ4v) is 12.4. The molecule has 6 nitrogen and oxygen atoms in total. The molecule has 0 bridgehead atoms. The first-order valence-electron chi connectivity index (χ1n) is 13.7. The number of hydrogen-bond donors (Lipinski definition) is 0. The Morgan fingerprint density at radius 2 is 0.804 bits per heavy atom. The van der Waals surface area contributed by atoms with Crippen molar-refractivity contribution in [1.82, 2.24) is 0 Å². The maximum atomic E-state index is 11.1. The van der Waals surface area contributed by atoms with Crippen LogP contribution in [-0.4, -0.2) is 69.7 Å². The minimum atomic E-state index is -0.372. The second-order valence-corrected chi connectivity index (χ2v) is 17.8. The van der Waals surface area contributed by atoms with Crippen LogP contribution in [0.4, 0.5) is 11.4 Å². The molecule has 10 heteroatoms. The summed E-state index contributed by atoms with van der Waals surface area (Å²) >= 11 is -0.202. The Kier molecular flexibility index (Phi) is 10.3. The molecule has 0 aromatic heterocycles. The molecule has 0 atom stereocenters. The van der Waals surface area contributed by atoms with Gasteiger partial charge in [-0.05, 0) is 0 Å². The van der Waals surface area contributed by atoms with Crippen LogP contribution in [0.3, 0.4) is 0 Å². The van der Waals surface area contributed by atoms with Crippen LogP contribution in [0.15, 0.2) is 121 Å². The molecule has 0 saturated carbocycles. The molecule has 0 spiro atoms. The summed E-state index contributed by atoms with van der Waals surface area (Å²) in [6, 6.07) is 38.9. The summed E-state index contributed by atoms with van der Waals surface area (Å²) in [6.45, 7) is 0. The number of fused-ring (bicyclic) bond motifs is 2. The summed E-state index contributed by atoms with van der Waals surface area (Å²) in [7, 11) is 0. The van der Waals surface area contributed by atoms with Crippen LogP contribution < -0.4 is 26.8 Å². The predicted molar refractivity (Wildman–Crippen MR) is 190 cm³/mol. The zero-order valence-electron chi connectivity index (χ0n) is 23.7. The van der Waals surface area contributed by atoms with Gasteiger partial charge in [-0.25, -0.2) is 0 Å². The molecule has 46 heavy (non-hydrogen) atoms. The van der Waals surface area contributed by atoms with Crippen molar-refractivity contribution in [2.75, 3.05) is 0 Å². The Hall–Kier alpha value is -4.16. The van der Waals surface area contributed by atoms with Crippen molar-refractivity contribution >= 4 is 120 Å². The van der Waals surface area contributed by atoms with Crippen LogP contribution >= 0.6 is 0 Å². The van der Waals surface area contributed by atoms with Crippen molar-refractivity contribution in [1.29, 1.82) is 0 Å². The Labute approximate surface area is 290 Å². The molecule has 0 aliphatic rings. The summed E-state index contributed by atoms with van der Waals surface area (Å²) in [4.78, 5) is 28.0. The molecule has 0 aliphatic carbocycles. The van der Waals surface area contributed by atoms with Crippen molar-refractivity contribution < 1.29 is 9.85 Å². The molecule has 0 N–H and O–H groups in total. The molecule has 0 fully saturated rings. The van der Waals surface area contributed by atoms with E-state index in [9.17, 15) is 20.2 Å². The average molecular weight is 860 g/mol. The van der Waals surface area contributed by atoms with E-state index in [-0.39, 0.29) is 81.0 Å². The molecule has 0 radical (unpaired) electrons. The van der Waals surface area contributed by atoms with Gasteiger partial charge < -0.3 is 0 Å². The van der Waals surface area contributed by atoms with Gasteiger partial charge in [-0.15, -0.1) is 0 Å². The van der Waals surface area contributed by atoms with Gasteiger partial charge in [-0.2, -0.15) is 0 Å². The normalized spacial score (nSPS) is 10.5. The molecule has 6 aromatic carbocycles. The summed E-state index contributed by atoms with van der Waals surface area (Å²) in [5, 5.41) is 26.9. The Morgan fingerprint density at radius 1 is 0.457 bits per heavy atom.